The monoisotopic (exact) mass is 395 g/mol. The van der Waals surface area contributed by atoms with Gasteiger partial charge in [-0.3, -0.25) is 14.6 Å². The van der Waals surface area contributed by atoms with Gasteiger partial charge in [0.1, 0.15) is 11.5 Å². The SMILES string of the molecule is CC(C)CN1CCn2cc(C(=O)NC3CCN(Cc4ccccc4)CC3)nc2C1. The maximum Gasteiger partial charge on any atom is 0.271 e. The predicted molar refractivity (Wildman–Crippen MR) is 115 cm³/mol. The Balaban J connectivity index is 1.27. The number of hydrogen-bond donors (Lipinski definition) is 1. The normalized spacial score (nSPS) is 18.7. The van der Waals surface area contributed by atoms with Gasteiger partial charge in [-0.25, -0.2) is 4.98 Å². The van der Waals surface area contributed by atoms with E-state index in [-0.39, 0.29) is 11.9 Å². The minimum Gasteiger partial charge on any atom is -0.348 e. The highest BCUT2D eigenvalue weighted by molar-refractivity contribution is 5.92. The van der Waals surface area contributed by atoms with Crippen molar-refractivity contribution >= 4 is 5.91 Å². The number of fused-ring (bicyclic) bond motifs is 1. The maximum absolute atomic E-state index is 12.7. The highest BCUT2D eigenvalue weighted by Gasteiger charge is 2.24. The summed E-state index contributed by atoms with van der Waals surface area (Å²) < 4.78 is 2.15. The number of hydrogen-bond acceptors (Lipinski definition) is 4. The third kappa shape index (κ3) is 5.25. The molecule has 6 nitrogen and oxygen atoms in total. The lowest BCUT2D eigenvalue weighted by Crippen LogP contribution is -2.44. The van der Waals surface area contributed by atoms with E-state index >= 15 is 0 Å². The van der Waals surface area contributed by atoms with E-state index in [0.717, 1.165) is 64.5 Å². The van der Waals surface area contributed by atoms with Crippen LogP contribution < -0.4 is 5.32 Å². The number of amides is 1. The third-order valence-electron chi connectivity index (χ3n) is 5.91. The van der Waals surface area contributed by atoms with Crippen molar-refractivity contribution in [1.29, 1.82) is 0 Å². The van der Waals surface area contributed by atoms with E-state index in [9.17, 15) is 4.79 Å². The van der Waals surface area contributed by atoms with Gasteiger partial charge in [0, 0.05) is 51.5 Å². The van der Waals surface area contributed by atoms with Gasteiger partial charge in [-0.15, -0.1) is 0 Å². The number of piperidine rings is 1. The maximum atomic E-state index is 12.7. The molecule has 1 saturated heterocycles. The molecule has 1 fully saturated rings. The van der Waals surface area contributed by atoms with Crippen LogP contribution in [0.1, 0.15) is 48.6 Å². The van der Waals surface area contributed by atoms with Gasteiger partial charge in [-0.2, -0.15) is 0 Å². The molecule has 1 aromatic heterocycles. The zero-order valence-electron chi connectivity index (χ0n) is 17.7. The number of nitrogens with zero attached hydrogens (tertiary/aromatic N) is 4. The van der Waals surface area contributed by atoms with Gasteiger partial charge < -0.3 is 9.88 Å². The van der Waals surface area contributed by atoms with Gasteiger partial charge in [0.05, 0.1) is 6.54 Å². The molecule has 0 saturated carbocycles. The Morgan fingerprint density at radius 2 is 1.86 bits per heavy atom. The van der Waals surface area contributed by atoms with Crippen LogP contribution in [0.3, 0.4) is 0 Å². The molecule has 1 amide bonds. The number of likely N-dealkylation sites (tertiary alicyclic amines) is 1. The topological polar surface area (TPSA) is 53.4 Å². The van der Waals surface area contributed by atoms with Crippen molar-refractivity contribution in [3.63, 3.8) is 0 Å². The fourth-order valence-electron chi connectivity index (χ4n) is 4.42. The molecule has 2 aliphatic rings. The van der Waals surface area contributed by atoms with Crippen molar-refractivity contribution in [2.75, 3.05) is 26.2 Å². The van der Waals surface area contributed by atoms with Crippen LogP contribution in [0.15, 0.2) is 36.5 Å². The second-order valence-corrected chi connectivity index (χ2v) is 8.87. The zero-order valence-corrected chi connectivity index (χ0v) is 17.7. The van der Waals surface area contributed by atoms with Crippen LogP contribution in [0.2, 0.25) is 0 Å². The van der Waals surface area contributed by atoms with E-state index in [0.29, 0.717) is 11.6 Å². The van der Waals surface area contributed by atoms with Crippen LogP contribution in [-0.2, 0) is 19.6 Å². The molecule has 6 heteroatoms. The standard InChI is InChI=1S/C23H33N5O/c1-18(2)14-27-12-13-28-16-21(25-22(28)17-27)23(29)24-20-8-10-26(11-9-20)15-19-6-4-3-5-7-19/h3-7,16,18,20H,8-15,17H2,1-2H3,(H,24,29). The molecule has 4 rings (SSSR count). The number of benzene rings is 1. The Bertz CT molecular complexity index is 808. The molecule has 0 atom stereocenters. The minimum absolute atomic E-state index is 0.0242. The van der Waals surface area contributed by atoms with Crippen LogP contribution >= 0.6 is 0 Å². The summed E-state index contributed by atoms with van der Waals surface area (Å²) >= 11 is 0. The lowest BCUT2D eigenvalue weighted by atomic mass is 10.0. The third-order valence-corrected chi connectivity index (χ3v) is 5.91. The van der Waals surface area contributed by atoms with Crippen LogP contribution in [-0.4, -0.2) is 57.5 Å². The number of aromatic nitrogens is 2. The Morgan fingerprint density at radius 1 is 1.10 bits per heavy atom. The van der Waals surface area contributed by atoms with Crippen molar-refractivity contribution in [2.45, 2.75) is 52.4 Å². The number of carbonyl (C=O) groups excluding carboxylic acids is 1. The summed E-state index contributed by atoms with van der Waals surface area (Å²) in [6, 6.07) is 10.8. The second-order valence-electron chi connectivity index (χ2n) is 8.87. The summed E-state index contributed by atoms with van der Waals surface area (Å²) in [5, 5.41) is 3.22. The van der Waals surface area contributed by atoms with Crippen molar-refractivity contribution < 1.29 is 4.79 Å². The molecule has 0 bridgehead atoms. The van der Waals surface area contributed by atoms with E-state index in [1.54, 1.807) is 0 Å². The van der Waals surface area contributed by atoms with Gasteiger partial charge in [-0.1, -0.05) is 44.2 Å². The van der Waals surface area contributed by atoms with Gasteiger partial charge in [-0.05, 0) is 24.3 Å². The lowest BCUT2D eigenvalue weighted by molar-refractivity contribution is 0.0904. The summed E-state index contributed by atoms with van der Waals surface area (Å²) in [5.41, 5.74) is 1.92. The summed E-state index contributed by atoms with van der Waals surface area (Å²) in [7, 11) is 0. The number of imidazole rings is 1. The summed E-state index contributed by atoms with van der Waals surface area (Å²) in [6.45, 7) is 11.4. The van der Waals surface area contributed by atoms with Crippen molar-refractivity contribution in [2.24, 2.45) is 5.92 Å². The molecule has 3 heterocycles. The van der Waals surface area contributed by atoms with E-state index in [4.69, 9.17) is 0 Å². The molecular formula is C23H33N5O. The zero-order chi connectivity index (χ0) is 20.2. The average Bonchev–Trinajstić information content (AvgIpc) is 3.13. The molecule has 156 valence electrons. The predicted octanol–water partition coefficient (Wildman–Crippen LogP) is 2.75. The van der Waals surface area contributed by atoms with Crippen LogP contribution in [0.25, 0.3) is 0 Å². The molecule has 1 N–H and O–H groups in total. The van der Waals surface area contributed by atoms with Gasteiger partial charge in [0.25, 0.3) is 5.91 Å². The van der Waals surface area contributed by atoms with E-state index in [2.05, 4.69) is 68.8 Å². The number of carbonyl (C=O) groups is 1. The number of rotatable bonds is 6. The van der Waals surface area contributed by atoms with E-state index in [1.165, 1.54) is 5.56 Å². The first kappa shape index (κ1) is 20.1. The molecule has 0 spiro atoms. The Kier molecular flexibility index (Phi) is 6.31. The quantitative estimate of drug-likeness (QED) is 0.817. The van der Waals surface area contributed by atoms with Gasteiger partial charge in [0.15, 0.2) is 0 Å². The molecule has 2 aromatic rings. The van der Waals surface area contributed by atoms with Crippen molar-refractivity contribution in [3.8, 4) is 0 Å². The minimum atomic E-state index is -0.0242. The Morgan fingerprint density at radius 3 is 2.59 bits per heavy atom. The molecule has 1 aromatic carbocycles. The van der Waals surface area contributed by atoms with Crippen LogP contribution in [0.4, 0.5) is 0 Å². The smallest absolute Gasteiger partial charge is 0.271 e. The summed E-state index contributed by atoms with van der Waals surface area (Å²) in [4.78, 5) is 22.3. The molecule has 2 aliphatic heterocycles. The lowest BCUT2D eigenvalue weighted by Gasteiger charge is -2.32. The Labute approximate surface area is 173 Å². The first-order chi connectivity index (χ1) is 14.1. The first-order valence-corrected chi connectivity index (χ1v) is 10.9. The highest BCUT2D eigenvalue weighted by Crippen LogP contribution is 2.17. The van der Waals surface area contributed by atoms with E-state index in [1.807, 2.05) is 6.20 Å². The van der Waals surface area contributed by atoms with Crippen LogP contribution in [0, 0.1) is 5.92 Å². The Hall–Kier alpha value is -2.18. The second kappa shape index (κ2) is 9.09. The average molecular weight is 396 g/mol. The molecular weight excluding hydrogens is 362 g/mol. The fraction of sp³-hybridized carbons (Fsp3) is 0.565. The summed E-state index contributed by atoms with van der Waals surface area (Å²) in [6.07, 6.45) is 3.92. The highest BCUT2D eigenvalue weighted by atomic mass is 16.2. The molecule has 0 unspecified atom stereocenters. The summed E-state index contributed by atoms with van der Waals surface area (Å²) in [5.74, 6) is 1.63. The van der Waals surface area contributed by atoms with E-state index < -0.39 is 0 Å². The number of nitrogens with one attached hydrogen (secondary N) is 1. The molecule has 0 radical (unpaired) electrons. The largest absolute Gasteiger partial charge is 0.348 e. The van der Waals surface area contributed by atoms with Crippen LogP contribution in [0.5, 0.6) is 0 Å². The first-order valence-electron chi connectivity index (χ1n) is 10.9. The van der Waals surface area contributed by atoms with Gasteiger partial charge >= 0.3 is 0 Å². The molecule has 29 heavy (non-hydrogen) atoms. The van der Waals surface area contributed by atoms with Crippen molar-refractivity contribution in [3.05, 3.63) is 53.6 Å². The van der Waals surface area contributed by atoms with Crippen molar-refractivity contribution in [1.82, 2.24) is 24.7 Å². The van der Waals surface area contributed by atoms with Gasteiger partial charge in [0.2, 0.25) is 0 Å². The fourth-order valence-corrected chi connectivity index (χ4v) is 4.42. The molecule has 0 aliphatic carbocycles.